The van der Waals surface area contributed by atoms with Gasteiger partial charge >= 0.3 is 0 Å². The molecular weight excluding hydrogens is 262 g/mol. The van der Waals surface area contributed by atoms with E-state index in [2.05, 4.69) is 31.0 Å². The minimum atomic E-state index is -0.417. The lowest BCUT2D eigenvalue weighted by Crippen LogP contribution is -2.51. The van der Waals surface area contributed by atoms with Crippen molar-refractivity contribution in [2.75, 3.05) is 19.6 Å². The van der Waals surface area contributed by atoms with E-state index in [-0.39, 0.29) is 18.3 Å². The Kier molecular flexibility index (Phi) is 8.62. The number of hydrogen-bond acceptors (Lipinski definition) is 3. The predicted octanol–water partition coefficient (Wildman–Crippen LogP) is 1.63. The number of likely N-dealkylation sites (tertiary alicyclic amines) is 1. The lowest BCUT2D eigenvalue weighted by molar-refractivity contribution is -0.122. The molecule has 3 N–H and O–H groups in total. The van der Waals surface area contributed by atoms with Crippen molar-refractivity contribution in [3.05, 3.63) is 0 Å². The standard InChI is InChI=1S/C14H29N3O.ClH/c1-10(2)13(9-16-14(18)12(4)15)17-7-5-11(3)6-8-17;/h10-13H,5-9,15H2,1-4H3,(H,16,18);1H. The molecule has 2 unspecified atom stereocenters. The van der Waals surface area contributed by atoms with Gasteiger partial charge in [0.1, 0.15) is 0 Å². The zero-order valence-electron chi connectivity index (χ0n) is 12.7. The number of nitrogens with zero attached hydrogens (tertiary/aromatic N) is 1. The summed E-state index contributed by atoms with van der Waals surface area (Å²) in [7, 11) is 0. The second kappa shape index (κ2) is 8.77. The maximum absolute atomic E-state index is 11.6. The summed E-state index contributed by atoms with van der Waals surface area (Å²) in [5.74, 6) is 1.34. The first-order chi connectivity index (χ1) is 8.41. The van der Waals surface area contributed by atoms with Crippen LogP contribution >= 0.6 is 12.4 Å². The fourth-order valence-corrected chi connectivity index (χ4v) is 2.51. The Hall–Kier alpha value is -0.320. The van der Waals surface area contributed by atoms with Gasteiger partial charge in [-0.2, -0.15) is 0 Å². The van der Waals surface area contributed by atoms with Gasteiger partial charge in [0.05, 0.1) is 6.04 Å². The van der Waals surface area contributed by atoms with Crippen molar-refractivity contribution in [3.8, 4) is 0 Å². The van der Waals surface area contributed by atoms with Gasteiger partial charge in [0, 0.05) is 12.6 Å². The van der Waals surface area contributed by atoms with Crippen molar-refractivity contribution in [3.63, 3.8) is 0 Å². The summed E-state index contributed by atoms with van der Waals surface area (Å²) in [6.45, 7) is 11.5. The molecule has 1 fully saturated rings. The Morgan fingerprint density at radius 3 is 2.26 bits per heavy atom. The molecule has 1 heterocycles. The summed E-state index contributed by atoms with van der Waals surface area (Å²) >= 11 is 0. The Morgan fingerprint density at radius 1 is 1.32 bits per heavy atom. The van der Waals surface area contributed by atoms with Crippen molar-refractivity contribution < 1.29 is 4.79 Å². The molecule has 0 radical (unpaired) electrons. The van der Waals surface area contributed by atoms with Gasteiger partial charge in [0.25, 0.3) is 0 Å². The molecule has 0 aromatic heterocycles. The van der Waals surface area contributed by atoms with Gasteiger partial charge in [0.2, 0.25) is 5.91 Å². The average Bonchev–Trinajstić information content (AvgIpc) is 2.30. The molecule has 2 atom stereocenters. The fraction of sp³-hybridized carbons (Fsp3) is 0.929. The topological polar surface area (TPSA) is 58.4 Å². The monoisotopic (exact) mass is 291 g/mol. The third kappa shape index (κ3) is 6.11. The first-order valence-corrected chi connectivity index (χ1v) is 7.19. The zero-order valence-corrected chi connectivity index (χ0v) is 13.5. The van der Waals surface area contributed by atoms with E-state index < -0.39 is 6.04 Å². The largest absolute Gasteiger partial charge is 0.353 e. The molecule has 114 valence electrons. The van der Waals surface area contributed by atoms with E-state index in [4.69, 9.17) is 5.73 Å². The van der Waals surface area contributed by atoms with Crippen LogP contribution in [0.25, 0.3) is 0 Å². The van der Waals surface area contributed by atoms with E-state index in [1.165, 1.54) is 12.8 Å². The summed E-state index contributed by atoms with van der Waals surface area (Å²) in [5, 5.41) is 2.97. The van der Waals surface area contributed by atoms with Crippen molar-refractivity contribution in [2.45, 2.75) is 52.6 Å². The van der Waals surface area contributed by atoms with Gasteiger partial charge in [-0.1, -0.05) is 20.8 Å². The van der Waals surface area contributed by atoms with E-state index in [9.17, 15) is 4.79 Å². The molecule has 1 amide bonds. The van der Waals surface area contributed by atoms with Crippen LogP contribution in [0, 0.1) is 11.8 Å². The molecule has 19 heavy (non-hydrogen) atoms. The van der Waals surface area contributed by atoms with Gasteiger partial charge in [-0.25, -0.2) is 0 Å². The van der Waals surface area contributed by atoms with Crippen LogP contribution in [0.4, 0.5) is 0 Å². The van der Waals surface area contributed by atoms with E-state index in [1.807, 2.05) is 0 Å². The average molecular weight is 292 g/mol. The third-order valence-electron chi connectivity index (χ3n) is 3.96. The Labute approximate surface area is 123 Å². The summed E-state index contributed by atoms with van der Waals surface area (Å²) in [6.07, 6.45) is 2.54. The Balaban J connectivity index is 0.00000324. The molecular formula is C14H30ClN3O. The second-order valence-corrected chi connectivity index (χ2v) is 6.06. The molecule has 0 aliphatic carbocycles. The predicted molar refractivity (Wildman–Crippen MR) is 82.5 cm³/mol. The molecule has 0 bridgehead atoms. The number of halogens is 1. The number of nitrogens with two attached hydrogens (primary N) is 1. The molecule has 1 aliphatic heterocycles. The van der Waals surface area contributed by atoms with Crippen LogP contribution in [0.5, 0.6) is 0 Å². The first kappa shape index (κ1) is 18.7. The summed E-state index contributed by atoms with van der Waals surface area (Å²) in [6, 6.07) is 0.0133. The zero-order chi connectivity index (χ0) is 13.7. The van der Waals surface area contributed by atoms with E-state index in [0.717, 1.165) is 19.0 Å². The molecule has 0 saturated carbocycles. The Bertz CT molecular complexity index is 263. The van der Waals surface area contributed by atoms with Gasteiger partial charge in [-0.15, -0.1) is 12.4 Å². The summed E-state index contributed by atoms with van der Waals surface area (Å²) in [5.41, 5.74) is 5.57. The van der Waals surface area contributed by atoms with E-state index in [1.54, 1.807) is 6.92 Å². The number of hydrogen-bond donors (Lipinski definition) is 2. The number of carbonyl (C=O) groups excluding carboxylic acids is 1. The summed E-state index contributed by atoms with van der Waals surface area (Å²) in [4.78, 5) is 14.1. The van der Waals surface area contributed by atoms with Gasteiger partial charge in [-0.05, 0) is 44.7 Å². The van der Waals surface area contributed by atoms with Crippen LogP contribution in [0.15, 0.2) is 0 Å². The van der Waals surface area contributed by atoms with Gasteiger partial charge in [-0.3, -0.25) is 9.69 Å². The fourth-order valence-electron chi connectivity index (χ4n) is 2.51. The Morgan fingerprint density at radius 2 is 1.84 bits per heavy atom. The molecule has 1 saturated heterocycles. The van der Waals surface area contributed by atoms with Crippen molar-refractivity contribution in [1.29, 1.82) is 0 Å². The van der Waals surface area contributed by atoms with Crippen LogP contribution in [0.3, 0.4) is 0 Å². The minimum Gasteiger partial charge on any atom is -0.353 e. The lowest BCUT2D eigenvalue weighted by Gasteiger charge is -2.39. The molecule has 0 aromatic carbocycles. The molecule has 5 heteroatoms. The van der Waals surface area contributed by atoms with Gasteiger partial charge < -0.3 is 11.1 Å². The van der Waals surface area contributed by atoms with E-state index >= 15 is 0 Å². The number of nitrogens with one attached hydrogen (secondary N) is 1. The van der Waals surface area contributed by atoms with Crippen LogP contribution in [0.2, 0.25) is 0 Å². The van der Waals surface area contributed by atoms with Gasteiger partial charge in [0.15, 0.2) is 0 Å². The smallest absolute Gasteiger partial charge is 0.236 e. The maximum Gasteiger partial charge on any atom is 0.236 e. The first-order valence-electron chi connectivity index (χ1n) is 7.19. The molecule has 1 rings (SSSR count). The normalized spacial score (nSPS) is 20.7. The maximum atomic E-state index is 11.6. The van der Waals surface area contributed by atoms with E-state index in [0.29, 0.717) is 18.5 Å². The highest BCUT2D eigenvalue weighted by molar-refractivity contribution is 5.85. The van der Waals surface area contributed by atoms with Crippen LogP contribution in [0.1, 0.15) is 40.5 Å². The SMILES string of the molecule is CC1CCN(C(CNC(=O)C(C)N)C(C)C)CC1.Cl. The van der Waals surface area contributed by atoms with Crippen LogP contribution in [-0.4, -0.2) is 42.5 Å². The molecule has 1 aliphatic rings. The number of amides is 1. The van der Waals surface area contributed by atoms with Crippen molar-refractivity contribution in [1.82, 2.24) is 10.2 Å². The number of piperidine rings is 1. The lowest BCUT2D eigenvalue weighted by atomic mass is 9.94. The van der Waals surface area contributed by atoms with Crippen molar-refractivity contribution in [2.24, 2.45) is 17.6 Å². The summed E-state index contributed by atoms with van der Waals surface area (Å²) < 4.78 is 0. The highest BCUT2D eigenvalue weighted by atomic mass is 35.5. The third-order valence-corrected chi connectivity index (χ3v) is 3.96. The van der Waals surface area contributed by atoms with Crippen molar-refractivity contribution >= 4 is 18.3 Å². The van der Waals surface area contributed by atoms with Crippen LogP contribution < -0.4 is 11.1 Å². The second-order valence-electron chi connectivity index (χ2n) is 6.06. The molecule has 4 nitrogen and oxygen atoms in total. The highest BCUT2D eigenvalue weighted by Crippen LogP contribution is 2.20. The highest BCUT2D eigenvalue weighted by Gasteiger charge is 2.26. The quantitative estimate of drug-likeness (QED) is 0.809. The minimum absolute atomic E-state index is 0. The number of carbonyl (C=O) groups is 1. The number of rotatable bonds is 5. The molecule has 0 spiro atoms. The molecule has 0 aromatic rings. The van der Waals surface area contributed by atoms with Crippen LogP contribution in [-0.2, 0) is 4.79 Å².